The van der Waals surface area contributed by atoms with Crippen molar-refractivity contribution >= 4 is 11.9 Å². The number of hydrogen-bond acceptors (Lipinski definition) is 5. The molecule has 0 bridgehead atoms. The van der Waals surface area contributed by atoms with Gasteiger partial charge in [0.25, 0.3) is 5.91 Å². The fourth-order valence-electron chi connectivity index (χ4n) is 2.67. The number of nitrogens with one attached hydrogen (secondary N) is 2. The number of methoxy groups -OCH3 is 1. The number of para-hydroxylation sites is 1. The van der Waals surface area contributed by atoms with Crippen molar-refractivity contribution < 1.29 is 9.53 Å². The number of aryl methyl sites for hydroxylation is 1. The van der Waals surface area contributed by atoms with Gasteiger partial charge in [-0.05, 0) is 18.6 Å². The van der Waals surface area contributed by atoms with E-state index in [9.17, 15) is 4.79 Å². The molecule has 138 valence electrons. The maximum Gasteiger partial charge on any atom is 0.254 e. The van der Waals surface area contributed by atoms with E-state index in [1.165, 1.54) is 0 Å². The third kappa shape index (κ3) is 4.82. The van der Waals surface area contributed by atoms with E-state index in [-0.39, 0.29) is 5.91 Å². The minimum absolute atomic E-state index is 0.215. The van der Waals surface area contributed by atoms with Crippen LogP contribution in [-0.2, 0) is 13.1 Å². The van der Waals surface area contributed by atoms with Gasteiger partial charge in [-0.1, -0.05) is 48.5 Å². The molecule has 3 aromatic rings. The lowest BCUT2D eigenvalue weighted by molar-refractivity contribution is 0.0949. The summed E-state index contributed by atoms with van der Waals surface area (Å²) in [5, 5.41) is 6.06. The number of anilines is 1. The lowest BCUT2D eigenvalue weighted by Crippen LogP contribution is -2.24. The minimum atomic E-state index is -0.215. The van der Waals surface area contributed by atoms with Crippen LogP contribution < -0.4 is 15.4 Å². The van der Waals surface area contributed by atoms with Crippen LogP contribution in [-0.4, -0.2) is 23.0 Å². The smallest absolute Gasteiger partial charge is 0.254 e. The first-order chi connectivity index (χ1) is 13.2. The van der Waals surface area contributed by atoms with Gasteiger partial charge in [0.05, 0.1) is 18.4 Å². The second kappa shape index (κ2) is 8.80. The number of aromatic nitrogens is 2. The first-order valence-corrected chi connectivity index (χ1v) is 8.69. The lowest BCUT2D eigenvalue weighted by atomic mass is 10.2. The molecule has 6 nitrogen and oxygen atoms in total. The molecule has 6 heteroatoms. The molecule has 0 aliphatic carbocycles. The summed E-state index contributed by atoms with van der Waals surface area (Å²) in [6.07, 6.45) is 1.55. The summed E-state index contributed by atoms with van der Waals surface area (Å²) in [6.45, 7) is 2.79. The summed E-state index contributed by atoms with van der Waals surface area (Å²) < 4.78 is 5.30. The molecule has 1 amide bonds. The van der Waals surface area contributed by atoms with Crippen LogP contribution in [0.25, 0.3) is 0 Å². The zero-order valence-electron chi connectivity index (χ0n) is 15.4. The Bertz CT molecular complexity index is 913. The van der Waals surface area contributed by atoms with Gasteiger partial charge in [-0.25, -0.2) is 9.97 Å². The van der Waals surface area contributed by atoms with E-state index in [4.69, 9.17) is 4.74 Å². The minimum Gasteiger partial charge on any atom is -0.496 e. The van der Waals surface area contributed by atoms with Crippen LogP contribution >= 0.6 is 0 Å². The highest BCUT2D eigenvalue weighted by atomic mass is 16.5. The number of ether oxygens (including phenoxy) is 1. The van der Waals surface area contributed by atoms with Crippen molar-refractivity contribution in [2.75, 3.05) is 12.4 Å². The third-order valence-corrected chi connectivity index (χ3v) is 4.15. The van der Waals surface area contributed by atoms with E-state index >= 15 is 0 Å². The maximum atomic E-state index is 12.5. The van der Waals surface area contributed by atoms with Crippen LogP contribution in [0.4, 0.5) is 5.95 Å². The second-order valence-corrected chi connectivity index (χ2v) is 6.03. The average Bonchev–Trinajstić information content (AvgIpc) is 2.71. The molecule has 2 aromatic carbocycles. The molecule has 3 rings (SSSR count). The summed E-state index contributed by atoms with van der Waals surface area (Å²) >= 11 is 0. The summed E-state index contributed by atoms with van der Waals surface area (Å²) in [5.41, 5.74) is 3.12. The monoisotopic (exact) mass is 362 g/mol. The van der Waals surface area contributed by atoms with E-state index < -0.39 is 0 Å². The van der Waals surface area contributed by atoms with Crippen LogP contribution in [0, 0.1) is 6.92 Å². The van der Waals surface area contributed by atoms with Gasteiger partial charge in [0.1, 0.15) is 5.75 Å². The first-order valence-electron chi connectivity index (χ1n) is 8.69. The number of carbonyl (C=O) groups excluding carboxylic acids is 1. The van der Waals surface area contributed by atoms with Crippen molar-refractivity contribution in [1.82, 2.24) is 15.3 Å². The highest BCUT2D eigenvalue weighted by molar-refractivity contribution is 5.95. The highest BCUT2D eigenvalue weighted by Crippen LogP contribution is 2.17. The molecule has 0 aliphatic heterocycles. The Hall–Kier alpha value is -3.41. The second-order valence-electron chi connectivity index (χ2n) is 6.03. The molecule has 2 N–H and O–H groups in total. The number of nitrogens with zero attached hydrogens (tertiary/aromatic N) is 2. The van der Waals surface area contributed by atoms with E-state index in [1.807, 2.05) is 54.6 Å². The Balaban J connectivity index is 1.62. The number of amides is 1. The molecule has 0 atom stereocenters. The summed E-state index contributed by atoms with van der Waals surface area (Å²) in [5.74, 6) is 1.02. The Morgan fingerprint density at radius 1 is 1.04 bits per heavy atom. The first kappa shape index (κ1) is 18.4. The van der Waals surface area contributed by atoms with E-state index in [2.05, 4.69) is 20.6 Å². The maximum absolute atomic E-state index is 12.5. The van der Waals surface area contributed by atoms with Gasteiger partial charge in [-0.15, -0.1) is 0 Å². The number of carbonyl (C=O) groups is 1. The molecule has 27 heavy (non-hydrogen) atoms. The summed E-state index contributed by atoms with van der Waals surface area (Å²) in [4.78, 5) is 21.1. The van der Waals surface area contributed by atoms with Crippen LogP contribution in [0.15, 0.2) is 60.8 Å². The fourth-order valence-corrected chi connectivity index (χ4v) is 2.67. The van der Waals surface area contributed by atoms with Gasteiger partial charge in [0.15, 0.2) is 0 Å². The van der Waals surface area contributed by atoms with Gasteiger partial charge < -0.3 is 15.4 Å². The Morgan fingerprint density at radius 3 is 2.52 bits per heavy atom. The van der Waals surface area contributed by atoms with Gasteiger partial charge >= 0.3 is 0 Å². The number of benzene rings is 2. The standard InChI is InChI=1S/C21H22N4O2/c1-15-18(20(26)22-13-17-10-6-7-11-19(17)27-2)14-24-21(25-15)23-12-16-8-4-3-5-9-16/h3-11,14H,12-13H2,1-2H3,(H,22,26)(H,23,24,25). The molecule has 1 heterocycles. The van der Waals surface area contributed by atoms with Crippen LogP contribution in [0.2, 0.25) is 0 Å². The predicted octanol–water partition coefficient (Wildman–Crippen LogP) is 3.34. The van der Waals surface area contributed by atoms with Crippen molar-refractivity contribution in [3.63, 3.8) is 0 Å². The Morgan fingerprint density at radius 2 is 1.78 bits per heavy atom. The molecule has 0 spiro atoms. The van der Waals surface area contributed by atoms with Crippen molar-refractivity contribution in [3.05, 3.63) is 83.2 Å². The van der Waals surface area contributed by atoms with Crippen LogP contribution in [0.1, 0.15) is 27.2 Å². The quantitative estimate of drug-likeness (QED) is 0.674. The molecule has 0 aliphatic rings. The van der Waals surface area contributed by atoms with Crippen molar-refractivity contribution in [1.29, 1.82) is 0 Å². The van der Waals surface area contributed by atoms with Gasteiger partial charge in [-0.3, -0.25) is 4.79 Å². The molecular weight excluding hydrogens is 340 g/mol. The lowest BCUT2D eigenvalue weighted by Gasteiger charge is -2.11. The molecule has 1 aromatic heterocycles. The molecule has 0 fully saturated rings. The van der Waals surface area contributed by atoms with Crippen LogP contribution in [0.3, 0.4) is 0 Å². The van der Waals surface area contributed by atoms with Crippen molar-refractivity contribution in [2.24, 2.45) is 0 Å². The van der Waals surface area contributed by atoms with Crippen molar-refractivity contribution in [3.8, 4) is 5.75 Å². The zero-order valence-corrected chi connectivity index (χ0v) is 15.4. The fraction of sp³-hybridized carbons (Fsp3) is 0.190. The normalized spacial score (nSPS) is 10.3. The molecule has 0 saturated heterocycles. The number of hydrogen-bond donors (Lipinski definition) is 2. The average molecular weight is 362 g/mol. The van der Waals surface area contributed by atoms with E-state index in [0.29, 0.717) is 30.3 Å². The molecule has 0 unspecified atom stereocenters. The van der Waals surface area contributed by atoms with E-state index in [1.54, 1.807) is 20.2 Å². The molecular formula is C21H22N4O2. The van der Waals surface area contributed by atoms with Crippen LogP contribution in [0.5, 0.6) is 5.75 Å². The zero-order chi connectivity index (χ0) is 19.1. The molecule has 0 saturated carbocycles. The van der Waals surface area contributed by atoms with Gasteiger partial charge in [0.2, 0.25) is 5.95 Å². The highest BCUT2D eigenvalue weighted by Gasteiger charge is 2.12. The number of rotatable bonds is 7. The molecule has 0 radical (unpaired) electrons. The van der Waals surface area contributed by atoms with Gasteiger partial charge in [0, 0.05) is 24.8 Å². The van der Waals surface area contributed by atoms with Crippen molar-refractivity contribution in [2.45, 2.75) is 20.0 Å². The Labute approximate surface area is 158 Å². The SMILES string of the molecule is COc1ccccc1CNC(=O)c1cnc(NCc2ccccc2)nc1C. The summed E-state index contributed by atoms with van der Waals surface area (Å²) in [7, 11) is 1.61. The summed E-state index contributed by atoms with van der Waals surface area (Å²) in [6, 6.07) is 17.6. The van der Waals surface area contributed by atoms with E-state index in [0.717, 1.165) is 16.9 Å². The largest absolute Gasteiger partial charge is 0.496 e. The van der Waals surface area contributed by atoms with Gasteiger partial charge in [-0.2, -0.15) is 0 Å². The third-order valence-electron chi connectivity index (χ3n) is 4.15. The Kier molecular flexibility index (Phi) is 5.99. The predicted molar refractivity (Wildman–Crippen MR) is 105 cm³/mol. The topological polar surface area (TPSA) is 76.1 Å².